The van der Waals surface area contributed by atoms with Crippen LogP contribution in [-0.4, -0.2) is 10.8 Å². The van der Waals surface area contributed by atoms with Crippen molar-refractivity contribution in [2.45, 2.75) is 13.8 Å². The second-order valence-electron chi connectivity index (χ2n) is 6.14. The lowest BCUT2D eigenvalue weighted by Crippen LogP contribution is -2.21. The number of aromatic amines is 1. The van der Waals surface area contributed by atoms with Crippen LogP contribution in [-0.2, 0) is 0 Å². The molecule has 3 rings (SSSR count). The van der Waals surface area contributed by atoms with Crippen LogP contribution < -0.4 is 5.56 Å². The molecule has 0 saturated heterocycles. The Kier molecular flexibility index (Phi) is 5.33. The van der Waals surface area contributed by atoms with Gasteiger partial charge in [-0.2, -0.15) is 0 Å². The monoisotopic (exact) mass is 407 g/mol. The van der Waals surface area contributed by atoms with Crippen molar-refractivity contribution in [3.8, 4) is 0 Å². The zero-order chi connectivity index (χ0) is 18.7. The molecule has 0 unspecified atom stereocenters. The molecule has 3 nitrogen and oxygen atoms in total. The van der Waals surface area contributed by atoms with E-state index in [1.54, 1.807) is 13.8 Å². The van der Waals surface area contributed by atoms with Gasteiger partial charge in [-0.3, -0.25) is 9.59 Å². The van der Waals surface area contributed by atoms with Crippen molar-refractivity contribution in [2.75, 3.05) is 0 Å². The number of pyridine rings is 1. The van der Waals surface area contributed by atoms with E-state index >= 15 is 0 Å². The molecule has 0 atom stereocenters. The second kappa shape index (κ2) is 7.67. The zero-order valence-corrected chi connectivity index (χ0v) is 16.1. The first kappa shape index (κ1) is 18.1. The lowest BCUT2D eigenvalue weighted by molar-refractivity contribution is 0.105. The molecule has 0 aliphatic rings. The quantitative estimate of drug-likeness (QED) is 0.368. The molecule has 1 heterocycles. The number of aryl methyl sites for hydroxylation is 2. The summed E-state index contributed by atoms with van der Waals surface area (Å²) >= 11 is 3.41. The first-order valence-corrected chi connectivity index (χ1v) is 9.03. The van der Waals surface area contributed by atoms with E-state index in [9.17, 15) is 9.59 Å². The minimum atomic E-state index is -0.356. The Morgan fingerprint density at radius 1 is 1.00 bits per heavy atom. The molecule has 0 bridgehead atoms. The summed E-state index contributed by atoms with van der Waals surface area (Å²) in [7, 11) is 0. The fourth-order valence-electron chi connectivity index (χ4n) is 2.89. The first-order valence-electron chi connectivity index (χ1n) is 8.23. The number of hydrogen-bond acceptors (Lipinski definition) is 2. The molecule has 0 fully saturated rings. The smallest absolute Gasteiger partial charge is 0.259 e. The summed E-state index contributed by atoms with van der Waals surface area (Å²) < 4.78 is 0.966. The molecule has 0 aliphatic heterocycles. The molecule has 0 spiro atoms. The number of carbonyl (C=O) groups excluding carboxylic acids is 1. The molecule has 1 N–H and O–H groups in total. The molecule has 1 aromatic heterocycles. The number of benzene rings is 2. The highest BCUT2D eigenvalue weighted by Gasteiger charge is 2.20. The van der Waals surface area contributed by atoms with Crippen LogP contribution in [0, 0.1) is 13.8 Å². The van der Waals surface area contributed by atoms with E-state index in [0.717, 1.165) is 21.3 Å². The number of halogens is 1. The predicted molar refractivity (Wildman–Crippen MR) is 109 cm³/mol. The van der Waals surface area contributed by atoms with Crippen molar-refractivity contribution in [3.05, 3.63) is 103 Å². The van der Waals surface area contributed by atoms with Crippen molar-refractivity contribution >= 4 is 33.4 Å². The highest BCUT2D eigenvalue weighted by atomic mass is 79.9. The Morgan fingerprint density at radius 3 is 2.27 bits per heavy atom. The maximum atomic E-state index is 13.3. The largest absolute Gasteiger partial charge is 0.326 e. The minimum absolute atomic E-state index is 0.183. The predicted octanol–water partition coefficient (Wildman–Crippen LogP) is 5.18. The number of rotatable bonds is 4. The third kappa shape index (κ3) is 3.92. The van der Waals surface area contributed by atoms with Gasteiger partial charge in [0.15, 0.2) is 5.78 Å². The van der Waals surface area contributed by atoms with Crippen LogP contribution >= 0.6 is 15.9 Å². The Hall–Kier alpha value is -2.72. The molecule has 2 aromatic carbocycles. The van der Waals surface area contributed by atoms with Gasteiger partial charge >= 0.3 is 0 Å². The van der Waals surface area contributed by atoms with Gasteiger partial charge in [0.05, 0.1) is 5.56 Å². The number of hydrogen-bond donors (Lipinski definition) is 1. The van der Waals surface area contributed by atoms with Gasteiger partial charge in [0.1, 0.15) is 0 Å². The van der Waals surface area contributed by atoms with Gasteiger partial charge in [0.25, 0.3) is 5.56 Å². The van der Waals surface area contributed by atoms with Crippen molar-refractivity contribution in [3.63, 3.8) is 0 Å². The maximum Gasteiger partial charge on any atom is 0.259 e. The molecular formula is C22H18BrNO2. The topological polar surface area (TPSA) is 49.9 Å². The third-order valence-electron chi connectivity index (χ3n) is 4.10. The lowest BCUT2D eigenvalue weighted by Gasteiger charge is -2.10. The summed E-state index contributed by atoms with van der Waals surface area (Å²) in [4.78, 5) is 28.4. The van der Waals surface area contributed by atoms with E-state index in [1.165, 1.54) is 0 Å². The summed E-state index contributed by atoms with van der Waals surface area (Å²) in [6.07, 6.45) is 1.82. The number of nitrogens with one attached hydrogen (secondary N) is 1. The van der Waals surface area contributed by atoms with Crippen LogP contribution in [0.4, 0.5) is 0 Å². The van der Waals surface area contributed by atoms with Gasteiger partial charge in [-0.15, -0.1) is 0 Å². The molecular weight excluding hydrogens is 390 g/mol. The molecule has 0 aliphatic carbocycles. The average molecular weight is 408 g/mol. The van der Waals surface area contributed by atoms with E-state index in [1.807, 2.05) is 66.7 Å². The van der Waals surface area contributed by atoms with Crippen molar-refractivity contribution in [1.82, 2.24) is 4.98 Å². The van der Waals surface area contributed by atoms with Gasteiger partial charge in [0, 0.05) is 15.7 Å². The van der Waals surface area contributed by atoms with E-state index in [-0.39, 0.29) is 16.9 Å². The number of Topliss-reactive ketones (excluding diaryl/α,β-unsaturated/α-hetero) is 1. The standard InChI is InChI=1S/C22H18BrNO2/c1-14-12-15(2)24-22(26)20(14)21(25)19(17-6-4-3-5-7-17)13-16-8-10-18(23)11-9-16/h3-13H,1-2H3,(H,24,26)/b19-13+. The van der Waals surface area contributed by atoms with Crippen molar-refractivity contribution < 1.29 is 4.79 Å². The Bertz CT molecular complexity index is 1030. The Morgan fingerprint density at radius 2 is 1.65 bits per heavy atom. The SMILES string of the molecule is Cc1cc(C)c(C(=O)/C(=C/c2ccc(Br)cc2)c2ccccc2)c(=O)[nH]1. The number of aromatic nitrogens is 1. The maximum absolute atomic E-state index is 13.3. The molecule has 3 aromatic rings. The molecule has 4 heteroatoms. The van der Waals surface area contributed by atoms with Gasteiger partial charge in [-0.05, 0) is 54.8 Å². The van der Waals surface area contributed by atoms with E-state index in [2.05, 4.69) is 20.9 Å². The zero-order valence-electron chi connectivity index (χ0n) is 14.5. The fraction of sp³-hybridized carbons (Fsp3) is 0.0909. The fourth-order valence-corrected chi connectivity index (χ4v) is 3.16. The van der Waals surface area contributed by atoms with Crippen LogP contribution in [0.3, 0.4) is 0 Å². The molecule has 26 heavy (non-hydrogen) atoms. The minimum Gasteiger partial charge on any atom is -0.326 e. The highest BCUT2D eigenvalue weighted by molar-refractivity contribution is 9.10. The number of allylic oxidation sites excluding steroid dienone is 1. The number of H-pyrrole nitrogens is 1. The van der Waals surface area contributed by atoms with E-state index in [0.29, 0.717) is 11.1 Å². The molecule has 0 radical (unpaired) electrons. The Labute approximate surface area is 160 Å². The van der Waals surface area contributed by atoms with E-state index < -0.39 is 0 Å². The molecule has 130 valence electrons. The van der Waals surface area contributed by atoms with Crippen LogP contribution in [0.25, 0.3) is 11.6 Å². The van der Waals surface area contributed by atoms with Crippen LogP contribution in [0.15, 0.2) is 69.9 Å². The summed E-state index contributed by atoms with van der Waals surface area (Å²) in [6, 6.07) is 18.9. The summed E-state index contributed by atoms with van der Waals surface area (Å²) in [5.41, 5.74) is 3.40. The number of carbonyl (C=O) groups is 1. The Balaban J connectivity index is 2.17. The number of ketones is 1. The highest BCUT2D eigenvalue weighted by Crippen LogP contribution is 2.24. The van der Waals surface area contributed by atoms with Gasteiger partial charge < -0.3 is 4.98 Å². The van der Waals surface area contributed by atoms with Crippen LogP contribution in [0.1, 0.15) is 32.7 Å². The average Bonchev–Trinajstić information content (AvgIpc) is 2.61. The van der Waals surface area contributed by atoms with Crippen LogP contribution in [0.2, 0.25) is 0 Å². The van der Waals surface area contributed by atoms with Gasteiger partial charge in [-0.1, -0.05) is 58.4 Å². The summed E-state index contributed by atoms with van der Waals surface area (Å²) in [5.74, 6) is -0.280. The third-order valence-corrected chi connectivity index (χ3v) is 4.63. The van der Waals surface area contributed by atoms with Gasteiger partial charge in [0.2, 0.25) is 0 Å². The normalized spacial score (nSPS) is 11.4. The van der Waals surface area contributed by atoms with Crippen molar-refractivity contribution in [1.29, 1.82) is 0 Å². The van der Waals surface area contributed by atoms with Gasteiger partial charge in [-0.25, -0.2) is 0 Å². The van der Waals surface area contributed by atoms with Crippen LogP contribution in [0.5, 0.6) is 0 Å². The summed E-state index contributed by atoms with van der Waals surface area (Å²) in [5, 5.41) is 0. The first-order chi connectivity index (χ1) is 12.5. The summed E-state index contributed by atoms with van der Waals surface area (Å²) in [6.45, 7) is 3.59. The second-order valence-corrected chi connectivity index (χ2v) is 7.06. The lowest BCUT2D eigenvalue weighted by atomic mass is 9.93. The molecule has 0 saturated carbocycles. The van der Waals surface area contributed by atoms with Crippen molar-refractivity contribution in [2.24, 2.45) is 0 Å². The molecule has 0 amide bonds. The van der Waals surface area contributed by atoms with E-state index in [4.69, 9.17) is 0 Å².